The predicted molar refractivity (Wildman–Crippen MR) is 65.8 cm³/mol. The number of aliphatic hydroxyl groups is 1. The number of rotatable bonds is 2. The molecule has 0 aliphatic carbocycles. The van der Waals surface area contributed by atoms with E-state index in [0.29, 0.717) is 5.75 Å². The lowest BCUT2D eigenvalue weighted by molar-refractivity contribution is 0.0511. The van der Waals surface area contributed by atoms with E-state index in [9.17, 15) is 5.11 Å². The Hall–Kier alpha value is -1.20. The molecular weight excluding hydrogens is 224 g/mol. The number of methoxy groups -OCH3 is 1. The fraction of sp³-hybridized carbons (Fsp3) is 0.364. The first kappa shape index (κ1) is 11.3. The Bertz CT molecular complexity index is 405. The Balaban J connectivity index is 2.23. The number of amidine groups is 1. The molecular formula is C11H14N2O2S. The molecule has 0 aromatic heterocycles. The monoisotopic (exact) mass is 238 g/mol. The summed E-state index contributed by atoms with van der Waals surface area (Å²) in [5.74, 6) is 1.34. The van der Waals surface area contributed by atoms with Crippen LogP contribution in [0.5, 0.6) is 5.75 Å². The SMILES string of the molecule is CN=C1NC(O)(c2ccc(OC)cc2)CS1. The molecule has 0 saturated carbocycles. The number of nitrogens with one attached hydrogen (secondary N) is 1. The minimum atomic E-state index is -1.02. The third-order valence-electron chi connectivity index (χ3n) is 2.50. The molecule has 0 amide bonds. The summed E-state index contributed by atoms with van der Waals surface area (Å²) in [6.45, 7) is 0. The summed E-state index contributed by atoms with van der Waals surface area (Å²) in [6.07, 6.45) is 0. The smallest absolute Gasteiger partial charge is 0.173 e. The lowest BCUT2D eigenvalue weighted by Crippen LogP contribution is -2.40. The maximum Gasteiger partial charge on any atom is 0.173 e. The molecule has 1 aromatic carbocycles. The van der Waals surface area contributed by atoms with E-state index in [-0.39, 0.29) is 0 Å². The van der Waals surface area contributed by atoms with Crippen molar-refractivity contribution >= 4 is 16.9 Å². The van der Waals surface area contributed by atoms with Gasteiger partial charge in [0.25, 0.3) is 0 Å². The normalized spacial score (nSPS) is 26.8. The Morgan fingerprint density at radius 3 is 2.62 bits per heavy atom. The molecule has 2 rings (SSSR count). The fourth-order valence-electron chi connectivity index (χ4n) is 1.56. The van der Waals surface area contributed by atoms with Gasteiger partial charge in [0.05, 0.1) is 12.9 Å². The average molecular weight is 238 g/mol. The molecule has 1 aliphatic rings. The van der Waals surface area contributed by atoms with Crippen LogP contribution >= 0.6 is 11.8 Å². The van der Waals surface area contributed by atoms with Crippen LogP contribution in [0.3, 0.4) is 0 Å². The first-order valence-electron chi connectivity index (χ1n) is 4.92. The predicted octanol–water partition coefficient (Wildman–Crippen LogP) is 1.16. The van der Waals surface area contributed by atoms with Crippen molar-refractivity contribution < 1.29 is 9.84 Å². The van der Waals surface area contributed by atoms with Gasteiger partial charge in [0.15, 0.2) is 10.9 Å². The van der Waals surface area contributed by atoms with Crippen LogP contribution in [0.2, 0.25) is 0 Å². The van der Waals surface area contributed by atoms with Gasteiger partial charge in [-0.25, -0.2) is 0 Å². The van der Waals surface area contributed by atoms with Crippen LogP contribution in [0.25, 0.3) is 0 Å². The molecule has 1 atom stereocenters. The van der Waals surface area contributed by atoms with Crippen LogP contribution in [0, 0.1) is 0 Å². The quantitative estimate of drug-likeness (QED) is 0.812. The zero-order valence-electron chi connectivity index (χ0n) is 9.23. The number of hydrogen-bond donors (Lipinski definition) is 2. The molecule has 1 aromatic rings. The summed E-state index contributed by atoms with van der Waals surface area (Å²) in [6, 6.07) is 7.37. The number of aliphatic imine (C=N–C) groups is 1. The topological polar surface area (TPSA) is 53.9 Å². The second-order valence-corrected chi connectivity index (χ2v) is 4.50. The van der Waals surface area contributed by atoms with Crippen molar-refractivity contribution in [1.29, 1.82) is 0 Å². The van der Waals surface area contributed by atoms with Gasteiger partial charge in [0, 0.05) is 12.6 Å². The molecule has 0 bridgehead atoms. The van der Waals surface area contributed by atoms with Crippen LogP contribution < -0.4 is 10.1 Å². The van der Waals surface area contributed by atoms with Gasteiger partial charge >= 0.3 is 0 Å². The molecule has 0 radical (unpaired) electrons. The number of thioether (sulfide) groups is 1. The van der Waals surface area contributed by atoms with Crippen molar-refractivity contribution in [3.63, 3.8) is 0 Å². The highest BCUT2D eigenvalue weighted by atomic mass is 32.2. The van der Waals surface area contributed by atoms with Gasteiger partial charge in [-0.3, -0.25) is 4.99 Å². The lowest BCUT2D eigenvalue weighted by atomic mass is 10.1. The minimum Gasteiger partial charge on any atom is -0.497 e. The van der Waals surface area contributed by atoms with Gasteiger partial charge in [0.2, 0.25) is 0 Å². The fourth-order valence-corrected chi connectivity index (χ4v) is 2.52. The molecule has 4 nitrogen and oxygen atoms in total. The van der Waals surface area contributed by atoms with Crippen molar-refractivity contribution in [2.45, 2.75) is 5.72 Å². The van der Waals surface area contributed by atoms with E-state index in [0.717, 1.165) is 16.5 Å². The second-order valence-electron chi connectivity index (χ2n) is 3.53. The van der Waals surface area contributed by atoms with E-state index in [4.69, 9.17) is 4.74 Å². The van der Waals surface area contributed by atoms with E-state index in [1.807, 2.05) is 24.3 Å². The first-order valence-corrected chi connectivity index (χ1v) is 5.91. The van der Waals surface area contributed by atoms with Crippen molar-refractivity contribution in [1.82, 2.24) is 5.32 Å². The van der Waals surface area contributed by atoms with Crippen molar-refractivity contribution in [3.8, 4) is 5.75 Å². The van der Waals surface area contributed by atoms with Crippen LogP contribution in [-0.4, -0.2) is 30.2 Å². The van der Waals surface area contributed by atoms with Crippen molar-refractivity contribution in [3.05, 3.63) is 29.8 Å². The molecule has 16 heavy (non-hydrogen) atoms. The largest absolute Gasteiger partial charge is 0.497 e. The Morgan fingerprint density at radius 1 is 1.44 bits per heavy atom. The summed E-state index contributed by atoms with van der Waals surface area (Å²) >= 11 is 1.51. The Morgan fingerprint density at radius 2 is 2.12 bits per heavy atom. The zero-order valence-corrected chi connectivity index (χ0v) is 10.0. The Kier molecular flexibility index (Phi) is 3.07. The minimum absolute atomic E-state index is 0.562. The number of hydrogen-bond acceptors (Lipinski definition) is 4. The molecule has 2 N–H and O–H groups in total. The average Bonchev–Trinajstić information content (AvgIpc) is 2.73. The lowest BCUT2D eigenvalue weighted by Gasteiger charge is -2.22. The first-order chi connectivity index (χ1) is 7.68. The van der Waals surface area contributed by atoms with Gasteiger partial charge in [-0.2, -0.15) is 0 Å². The summed E-state index contributed by atoms with van der Waals surface area (Å²) in [5.41, 5.74) is -0.203. The highest BCUT2D eigenvalue weighted by molar-refractivity contribution is 8.14. The van der Waals surface area contributed by atoms with Crippen molar-refractivity contribution in [2.24, 2.45) is 4.99 Å². The van der Waals surface area contributed by atoms with Crippen LogP contribution in [0.4, 0.5) is 0 Å². The molecule has 1 fully saturated rings. The van der Waals surface area contributed by atoms with E-state index < -0.39 is 5.72 Å². The molecule has 1 saturated heterocycles. The summed E-state index contributed by atoms with van der Waals surface area (Å²) in [4.78, 5) is 4.03. The third-order valence-corrected chi connectivity index (χ3v) is 3.62. The van der Waals surface area contributed by atoms with E-state index in [1.54, 1.807) is 14.2 Å². The summed E-state index contributed by atoms with van der Waals surface area (Å²) < 4.78 is 5.08. The van der Waals surface area contributed by atoms with Crippen molar-refractivity contribution in [2.75, 3.05) is 19.9 Å². The number of ether oxygens (including phenoxy) is 1. The zero-order chi connectivity index (χ0) is 11.6. The standard InChI is InChI=1S/C11H14N2O2S/c1-12-10-13-11(14,7-16-10)8-3-5-9(15-2)6-4-8/h3-6,14H,7H2,1-2H3,(H,12,13). The molecule has 5 heteroatoms. The van der Waals surface area contributed by atoms with E-state index in [1.165, 1.54) is 11.8 Å². The number of benzene rings is 1. The maximum absolute atomic E-state index is 10.4. The highest BCUT2D eigenvalue weighted by Crippen LogP contribution is 2.30. The molecule has 1 heterocycles. The van der Waals surface area contributed by atoms with Gasteiger partial charge in [-0.1, -0.05) is 23.9 Å². The molecule has 1 unspecified atom stereocenters. The summed E-state index contributed by atoms with van der Waals surface area (Å²) in [7, 11) is 3.32. The number of nitrogens with zero attached hydrogens (tertiary/aromatic N) is 1. The van der Waals surface area contributed by atoms with Crippen LogP contribution in [0.15, 0.2) is 29.3 Å². The molecule has 86 valence electrons. The summed E-state index contributed by atoms with van der Waals surface area (Å²) in [5, 5.41) is 14.1. The molecule has 0 spiro atoms. The van der Waals surface area contributed by atoms with Crippen LogP contribution in [0.1, 0.15) is 5.56 Å². The van der Waals surface area contributed by atoms with E-state index in [2.05, 4.69) is 10.3 Å². The second kappa shape index (κ2) is 4.35. The molecule has 1 aliphatic heterocycles. The van der Waals surface area contributed by atoms with Crippen LogP contribution in [-0.2, 0) is 5.72 Å². The van der Waals surface area contributed by atoms with Gasteiger partial charge < -0.3 is 15.2 Å². The third kappa shape index (κ3) is 2.01. The van der Waals surface area contributed by atoms with E-state index >= 15 is 0 Å². The maximum atomic E-state index is 10.4. The van der Waals surface area contributed by atoms with Gasteiger partial charge in [0.1, 0.15) is 5.75 Å². The van der Waals surface area contributed by atoms with Gasteiger partial charge in [-0.05, 0) is 12.1 Å². The van der Waals surface area contributed by atoms with Gasteiger partial charge in [-0.15, -0.1) is 0 Å². The highest BCUT2D eigenvalue weighted by Gasteiger charge is 2.36. The Labute approximate surface area is 98.7 Å².